The summed E-state index contributed by atoms with van der Waals surface area (Å²) in [5.74, 6) is 0.319. The normalized spacial score (nSPS) is 10.4. The predicted octanol–water partition coefficient (Wildman–Crippen LogP) is 2.42. The number of amides is 1. The number of carbonyl (C=O) groups excluding carboxylic acids is 1. The third kappa shape index (κ3) is 3.55. The largest absolute Gasteiger partial charge is 0.398 e. The van der Waals surface area contributed by atoms with Crippen LogP contribution >= 0.6 is 15.9 Å². The van der Waals surface area contributed by atoms with Crippen molar-refractivity contribution in [3.8, 4) is 0 Å². The molecule has 0 saturated heterocycles. The number of halogens is 1. The number of nitrogen functional groups attached to an aromatic ring is 1. The Labute approximate surface area is 98.2 Å². The maximum atomic E-state index is 11.7. The highest BCUT2D eigenvalue weighted by Crippen LogP contribution is 2.18. The van der Waals surface area contributed by atoms with Crippen molar-refractivity contribution in [2.75, 3.05) is 12.3 Å². The minimum Gasteiger partial charge on any atom is -0.398 e. The third-order valence-corrected chi connectivity index (χ3v) is 2.42. The number of anilines is 1. The Bertz CT molecular complexity index is 364. The average molecular weight is 271 g/mol. The van der Waals surface area contributed by atoms with Gasteiger partial charge < -0.3 is 11.1 Å². The van der Waals surface area contributed by atoms with Crippen LogP contribution < -0.4 is 11.1 Å². The van der Waals surface area contributed by atoms with Gasteiger partial charge in [-0.3, -0.25) is 4.79 Å². The van der Waals surface area contributed by atoms with Crippen molar-refractivity contribution in [1.82, 2.24) is 5.32 Å². The first-order valence-corrected chi connectivity index (χ1v) is 5.63. The fourth-order valence-corrected chi connectivity index (χ4v) is 1.51. The summed E-state index contributed by atoms with van der Waals surface area (Å²) in [5, 5.41) is 2.82. The Morgan fingerprint density at radius 3 is 2.73 bits per heavy atom. The van der Waals surface area contributed by atoms with Crippen LogP contribution in [0.3, 0.4) is 0 Å². The van der Waals surface area contributed by atoms with Gasteiger partial charge in [-0.05, 0) is 24.1 Å². The number of nitrogens with two attached hydrogens (primary N) is 1. The van der Waals surface area contributed by atoms with Crippen LogP contribution in [-0.2, 0) is 0 Å². The number of benzene rings is 1. The third-order valence-electron chi connectivity index (χ3n) is 1.93. The molecule has 15 heavy (non-hydrogen) atoms. The molecule has 1 aromatic rings. The highest BCUT2D eigenvalue weighted by Gasteiger charge is 2.09. The van der Waals surface area contributed by atoms with Crippen molar-refractivity contribution in [3.63, 3.8) is 0 Å². The monoisotopic (exact) mass is 270 g/mol. The van der Waals surface area contributed by atoms with E-state index >= 15 is 0 Å². The zero-order valence-corrected chi connectivity index (χ0v) is 10.5. The van der Waals surface area contributed by atoms with Crippen LogP contribution in [0.4, 0.5) is 5.69 Å². The van der Waals surface area contributed by atoms with Crippen LogP contribution in [-0.4, -0.2) is 12.5 Å². The zero-order chi connectivity index (χ0) is 11.4. The molecule has 0 spiro atoms. The first-order chi connectivity index (χ1) is 7.00. The fraction of sp³-hybridized carbons (Fsp3) is 0.364. The molecule has 0 radical (unpaired) electrons. The maximum absolute atomic E-state index is 11.7. The zero-order valence-electron chi connectivity index (χ0n) is 8.88. The van der Waals surface area contributed by atoms with Gasteiger partial charge in [0, 0.05) is 16.7 Å². The molecule has 0 atom stereocenters. The van der Waals surface area contributed by atoms with Gasteiger partial charge in [0.2, 0.25) is 0 Å². The Kier molecular flexibility index (Phi) is 4.15. The van der Waals surface area contributed by atoms with Crippen molar-refractivity contribution < 1.29 is 4.79 Å². The molecule has 1 aromatic carbocycles. The molecule has 0 aliphatic heterocycles. The Morgan fingerprint density at radius 1 is 1.53 bits per heavy atom. The molecule has 0 fully saturated rings. The molecule has 1 amide bonds. The van der Waals surface area contributed by atoms with E-state index < -0.39 is 0 Å². The smallest absolute Gasteiger partial charge is 0.253 e. The topological polar surface area (TPSA) is 55.1 Å². The number of hydrogen-bond acceptors (Lipinski definition) is 2. The van der Waals surface area contributed by atoms with Crippen molar-refractivity contribution in [2.45, 2.75) is 13.8 Å². The van der Waals surface area contributed by atoms with Crippen LogP contribution in [0.2, 0.25) is 0 Å². The van der Waals surface area contributed by atoms with Gasteiger partial charge in [-0.2, -0.15) is 0 Å². The Hall–Kier alpha value is -1.03. The summed E-state index contributed by atoms with van der Waals surface area (Å²) in [6.07, 6.45) is 0. The van der Waals surface area contributed by atoms with Gasteiger partial charge in [0.15, 0.2) is 0 Å². The first kappa shape index (κ1) is 12.0. The predicted molar refractivity (Wildman–Crippen MR) is 65.7 cm³/mol. The molecule has 0 aromatic heterocycles. The summed E-state index contributed by atoms with van der Waals surface area (Å²) in [5.41, 5.74) is 6.76. The van der Waals surface area contributed by atoms with Crippen LogP contribution in [0.25, 0.3) is 0 Å². The van der Waals surface area contributed by atoms with Crippen LogP contribution in [0.1, 0.15) is 24.2 Å². The summed E-state index contributed by atoms with van der Waals surface area (Å²) in [6.45, 7) is 4.75. The Balaban J connectivity index is 2.74. The second kappa shape index (κ2) is 5.16. The fourth-order valence-electron chi connectivity index (χ4n) is 1.13. The maximum Gasteiger partial charge on any atom is 0.253 e. The Morgan fingerprint density at radius 2 is 2.20 bits per heavy atom. The van der Waals surface area contributed by atoms with Gasteiger partial charge in [0.1, 0.15) is 0 Å². The molecule has 0 aliphatic carbocycles. The lowest BCUT2D eigenvalue weighted by Crippen LogP contribution is -2.27. The summed E-state index contributed by atoms with van der Waals surface area (Å²) in [7, 11) is 0. The molecule has 0 bridgehead atoms. The summed E-state index contributed by atoms with van der Waals surface area (Å²) in [4.78, 5) is 11.7. The standard InChI is InChI=1S/C11H15BrN2O/c1-7(2)6-14-11(15)9-4-3-8(12)5-10(9)13/h3-5,7H,6,13H2,1-2H3,(H,14,15). The second-order valence-corrected chi connectivity index (χ2v) is 4.75. The quantitative estimate of drug-likeness (QED) is 0.829. The summed E-state index contributed by atoms with van der Waals surface area (Å²) in [6, 6.07) is 5.25. The average Bonchev–Trinajstić information content (AvgIpc) is 2.14. The van der Waals surface area contributed by atoms with E-state index in [1.165, 1.54) is 0 Å². The summed E-state index contributed by atoms with van der Waals surface area (Å²) < 4.78 is 0.875. The van der Waals surface area contributed by atoms with Crippen molar-refractivity contribution >= 4 is 27.5 Å². The highest BCUT2D eigenvalue weighted by molar-refractivity contribution is 9.10. The van der Waals surface area contributed by atoms with Crippen molar-refractivity contribution in [3.05, 3.63) is 28.2 Å². The van der Waals surface area contributed by atoms with E-state index in [2.05, 4.69) is 21.2 Å². The lowest BCUT2D eigenvalue weighted by molar-refractivity contribution is 0.0950. The van der Waals surface area contributed by atoms with E-state index in [9.17, 15) is 4.79 Å². The van der Waals surface area contributed by atoms with E-state index in [4.69, 9.17) is 5.73 Å². The first-order valence-electron chi connectivity index (χ1n) is 4.84. The van der Waals surface area contributed by atoms with Gasteiger partial charge >= 0.3 is 0 Å². The van der Waals surface area contributed by atoms with Gasteiger partial charge in [-0.25, -0.2) is 0 Å². The van der Waals surface area contributed by atoms with E-state index in [1.807, 2.05) is 13.8 Å². The molecule has 0 aliphatic rings. The van der Waals surface area contributed by atoms with E-state index in [-0.39, 0.29) is 5.91 Å². The van der Waals surface area contributed by atoms with Crippen LogP contribution in [0.5, 0.6) is 0 Å². The molecular weight excluding hydrogens is 256 g/mol. The molecule has 82 valence electrons. The molecule has 3 nitrogen and oxygen atoms in total. The summed E-state index contributed by atoms with van der Waals surface area (Å²) >= 11 is 3.30. The molecular formula is C11H15BrN2O. The number of nitrogens with one attached hydrogen (secondary N) is 1. The molecule has 0 unspecified atom stereocenters. The minimum atomic E-state index is -0.117. The van der Waals surface area contributed by atoms with Gasteiger partial charge in [0.05, 0.1) is 5.56 Å². The van der Waals surface area contributed by atoms with Gasteiger partial charge in [0.25, 0.3) is 5.91 Å². The molecule has 4 heteroatoms. The lowest BCUT2D eigenvalue weighted by atomic mass is 10.1. The molecule has 0 heterocycles. The minimum absolute atomic E-state index is 0.117. The van der Waals surface area contributed by atoms with E-state index in [0.717, 1.165) is 4.47 Å². The number of rotatable bonds is 3. The number of hydrogen-bond donors (Lipinski definition) is 2. The van der Waals surface area contributed by atoms with Crippen LogP contribution in [0, 0.1) is 5.92 Å². The lowest BCUT2D eigenvalue weighted by Gasteiger charge is -2.09. The van der Waals surface area contributed by atoms with Crippen molar-refractivity contribution in [1.29, 1.82) is 0 Å². The van der Waals surface area contributed by atoms with E-state index in [1.54, 1.807) is 18.2 Å². The van der Waals surface area contributed by atoms with Crippen LogP contribution in [0.15, 0.2) is 22.7 Å². The molecule has 3 N–H and O–H groups in total. The van der Waals surface area contributed by atoms with E-state index in [0.29, 0.717) is 23.7 Å². The van der Waals surface area contributed by atoms with Gasteiger partial charge in [-0.1, -0.05) is 29.8 Å². The second-order valence-electron chi connectivity index (χ2n) is 3.84. The SMILES string of the molecule is CC(C)CNC(=O)c1ccc(Br)cc1N. The molecule has 1 rings (SSSR count). The molecule has 0 saturated carbocycles. The van der Waals surface area contributed by atoms with Gasteiger partial charge in [-0.15, -0.1) is 0 Å². The highest BCUT2D eigenvalue weighted by atomic mass is 79.9. The van der Waals surface area contributed by atoms with Crippen molar-refractivity contribution in [2.24, 2.45) is 5.92 Å². The number of carbonyl (C=O) groups is 1.